The van der Waals surface area contributed by atoms with Crippen LogP contribution in [0.15, 0.2) is 97.7 Å². The molecule has 334 valence electrons. The van der Waals surface area contributed by atoms with Crippen molar-refractivity contribution in [1.29, 1.82) is 0 Å². The first kappa shape index (κ1) is 45.8. The van der Waals surface area contributed by atoms with Crippen molar-refractivity contribution in [2.45, 2.75) is 79.1 Å². The van der Waals surface area contributed by atoms with Gasteiger partial charge in [0.2, 0.25) is 0 Å². The molecule has 9 heterocycles. The van der Waals surface area contributed by atoms with Crippen LogP contribution in [0.2, 0.25) is 0 Å². The van der Waals surface area contributed by atoms with Crippen molar-refractivity contribution in [1.82, 2.24) is 39.5 Å². The van der Waals surface area contributed by atoms with Crippen LogP contribution in [0.1, 0.15) is 124 Å². The SMILES string of the molecule is CCCCN1C=CC=C(c2c3nc(c(C4=CC=CN(CCCC)C4)c4ccc([nH]4)c(C4=CC=CN(CCCC)C4)c4nc(c(C5=CC=CN(CCCC)C5)c5ccc2[nH]5)C=C4)C=C3)C1.[Mn+3]. The Labute approximate surface area is 397 Å². The molecule has 6 aliphatic rings. The summed E-state index contributed by atoms with van der Waals surface area (Å²) in [5, 5.41) is 0. The van der Waals surface area contributed by atoms with Crippen molar-refractivity contribution in [3.05, 3.63) is 143 Å². The molecule has 9 heteroatoms. The number of unbranched alkanes of at least 4 members (excludes halogenated alkanes) is 4. The second-order valence-electron chi connectivity index (χ2n) is 17.9. The van der Waals surface area contributed by atoms with Crippen LogP contribution in [0.5, 0.6) is 0 Å². The molecule has 3 aromatic heterocycles. The Balaban J connectivity index is 0.00000576. The van der Waals surface area contributed by atoms with Gasteiger partial charge in [-0.1, -0.05) is 77.7 Å². The van der Waals surface area contributed by atoms with Crippen LogP contribution in [-0.2, 0) is 17.1 Å². The summed E-state index contributed by atoms with van der Waals surface area (Å²) in [6.07, 6.45) is 45.2. The Hall–Kier alpha value is -5.76. The molecule has 0 aromatic carbocycles. The molecule has 0 saturated carbocycles. The van der Waals surface area contributed by atoms with Crippen molar-refractivity contribution in [3.8, 4) is 0 Å². The van der Waals surface area contributed by atoms with Gasteiger partial charge in [0.05, 0.1) is 22.8 Å². The van der Waals surface area contributed by atoms with Crippen LogP contribution in [0.3, 0.4) is 0 Å². The van der Waals surface area contributed by atoms with E-state index in [9.17, 15) is 0 Å². The Morgan fingerprint density at radius 1 is 0.400 bits per heavy atom. The molecule has 0 aliphatic carbocycles. The summed E-state index contributed by atoms with van der Waals surface area (Å²) >= 11 is 0. The molecule has 6 aliphatic heterocycles. The molecule has 8 bridgehead atoms. The fraction of sp³-hybridized carbons (Fsp3) is 0.357. The maximum absolute atomic E-state index is 5.64. The van der Waals surface area contributed by atoms with Gasteiger partial charge >= 0.3 is 17.1 Å². The van der Waals surface area contributed by atoms with Crippen molar-refractivity contribution >= 4 is 68.7 Å². The van der Waals surface area contributed by atoms with Gasteiger partial charge < -0.3 is 29.6 Å². The third-order valence-electron chi connectivity index (χ3n) is 13.1. The van der Waals surface area contributed by atoms with E-state index in [4.69, 9.17) is 9.97 Å². The molecule has 9 rings (SSSR count). The van der Waals surface area contributed by atoms with Gasteiger partial charge in [-0.15, -0.1) is 0 Å². The van der Waals surface area contributed by atoms with E-state index >= 15 is 0 Å². The third kappa shape index (κ3) is 10.2. The van der Waals surface area contributed by atoms with E-state index in [1.807, 2.05) is 0 Å². The summed E-state index contributed by atoms with van der Waals surface area (Å²) in [4.78, 5) is 29.1. The molecule has 65 heavy (non-hydrogen) atoms. The minimum absolute atomic E-state index is 0. The smallest absolute Gasteiger partial charge is 0.373 e. The number of fused-ring (bicyclic) bond motifs is 8. The largest absolute Gasteiger partial charge is 3.00 e. The van der Waals surface area contributed by atoms with Crippen LogP contribution in [-0.4, -0.2) is 91.9 Å². The number of allylic oxidation sites excluding steroid dienone is 8. The summed E-state index contributed by atoms with van der Waals surface area (Å²) < 4.78 is 0. The number of aromatic nitrogens is 4. The zero-order chi connectivity index (χ0) is 43.8. The Bertz CT molecular complexity index is 2350. The van der Waals surface area contributed by atoms with Gasteiger partial charge in [0.15, 0.2) is 0 Å². The number of hydrogen-bond acceptors (Lipinski definition) is 6. The second kappa shape index (κ2) is 21.5. The number of nitrogens with one attached hydrogen (secondary N) is 2. The van der Waals surface area contributed by atoms with Crippen molar-refractivity contribution in [3.63, 3.8) is 0 Å². The standard InChI is InChI=1S/C56H66N8.Mn/c1-5-9-29-61-33-13-17-41(37-61)53-45-21-23-47(57-45)54(42-18-14-34-62(38-42)30-10-6-2)49-25-27-51(59-49)56(44-20-16-36-64(40-44)32-12-8-4)52-28-26-50(60-52)55(48-24-22-46(53)58-48)43-19-15-35-63(39-43)31-11-7-3;/h13-28,33-36,57,60H,5-12,29-32,37-40H2,1-4H3;/q;+3. The van der Waals surface area contributed by atoms with E-state index in [1.165, 1.54) is 22.3 Å². The van der Waals surface area contributed by atoms with Crippen LogP contribution < -0.4 is 0 Å². The predicted molar refractivity (Wildman–Crippen MR) is 273 cm³/mol. The summed E-state index contributed by atoms with van der Waals surface area (Å²) in [5.74, 6) is 0. The Morgan fingerprint density at radius 3 is 0.877 bits per heavy atom. The van der Waals surface area contributed by atoms with Crippen LogP contribution in [0.25, 0.3) is 68.7 Å². The number of rotatable bonds is 16. The topological polar surface area (TPSA) is 70.3 Å². The minimum atomic E-state index is 0. The van der Waals surface area contributed by atoms with Crippen molar-refractivity contribution in [2.24, 2.45) is 0 Å². The molecule has 0 amide bonds. The first-order chi connectivity index (χ1) is 31.5. The molecule has 0 atom stereocenters. The van der Waals surface area contributed by atoms with Crippen molar-refractivity contribution in [2.75, 3.05) is 52.4 Å². The molecule has 8 nitrogen and oxygen atoms in total. The first-order valence-electron chi connectivity index (χ1n) is 24.2. The summed E-state index contributed by atoms with van der Waals surface area (Å²) in [7, 11) is 0. The number of aromatic amines is 2. The predicted octanol–water partition coefficient (Wildman–Crippen LogP) is 12.7. The van der Waals surface area contributed by atoms with Gasteiger partial charge in [-0.05, 0) is 146 Å². The zero-order valence-electron chi connectivity index (χ0n) is 38.9. The van der Waals surface area contributed by atoms with Gasteiger partial charge in [0.1, 0.15) is 0 Å². The van der Waals surface area contributed by atoms with Gasteiger partial charge in [-0.25, -0.2) is 9.97 Å². The zero-order valence-corrected chi connectivity index (χ0v) is 40.1. The van der Waals surface area contributed by atoms with Crippen LogP contribution in [0.4, 0.5) is 0 Å². The average molecular weight is 906 g/mol. The third-order valence-corrected chi connectivity index (χ3v) is 13.1. The number of nitrogens with zero attached hydrogens (tertiary/aromatic N) is 6. The van der Waals surface area contributed by atoms with Crippen LogP contribution >= 0.6 is 0 Å². The second-order valence-corrected chi connectivity index (χ2v) is 17.9. The molecular formula is C56H66MnN8+3. The summed E-state index contributed by atoms with van der Waals surface area (Å²) in [6, 6.07) is 9.09. The van der Waals surface area contributed by atoms with Crippen LogP contribution in [0, 0.1) is 0 Å². The fourth-order valence-electron chi connectivity index (χ4n) is 9.69. The fourth-order valence-corrected chi connectivity index (χ4v) is 9.69. The Kier molecular flexibility index (Phi) is 15.1. The summed E-state index contributed by atoms with van der Waals surface area (Å²) in [6.45, 7) is 16.5. The van der Waals surface area contributed by atoms with E-state index in [1.54, 1.807) is 0 Å². The molecule has 0 radical (unpaired) electrons. The molecule has 0 spiro atoms. The van der Waals surface area contributed by atoms with E-state index < -0.39 is 0 Å². The van der Waals surface area contributed by atoms with Gasteiger partial charge in [-0.2, -0.15) is 0 Å². The Morgan fingerprint density at radius 2 is 0.646 bits per heavy atom. The molecule has 3 aromatic rings. The monoisotopic (exact) mass is 905 g/mol. The minimum Gasteiger partial charge on any atom is -0.373 e. The first-order valence-corrected chi connectivity index (χ1v) is 24.2. The van der Waals surface area contributed by atoms with E-state index in [-0.39, 0.29) is 17.1 Å². The molecule has 2 N–H and O–H groups in total. The van der Waals surface area contributed by atoms with E-state index in [2.05, 4.69) is 179 Å². The molecular weight excluding hydrogens is 840 g/mol. The van der Waals surface area contributed by atoms with Gasteiger partial charge in [-0.3, -0.25) is 0 Å². The van der Waals surface area contributed by atoms with E-state index in [0.717, 1.165) is 171 Å². The van der Waals surface area contributed by atoms with Gasteiger partial charge in [0.25, 0.3) is 0 Å². The number of H-pyrrole nitrogens is 2. The quantitative estimate of drug-likeness (QED) is 0.0962. The molecule has 0 saturated heterocycles. The number of hydrogen-bond donors (Lipinski definition) is 2. The average Bonchev–Trinajstić information content (AvgIpc) is 4.18. The summed E-state index contributed by atoms with van der Waals surface area (Å²) in [5.41, 5.74) is 17.8. The van der Waals surface area contributed by atoms with Gasteiger partial charge in [0, 0.05) is 96.7 Å². The molecule has 0 unspecified atom stereocenters. The molecule has 0 fully saturated rings. The van der Waals surface area contributed by atoms with Crippen molar-refractivity contribution < 1.29 is 17.1 Å². The van der Waals surface area contributed by atoms with E-state index in [0.29, 0.717) is 0 Å². The maximum atomic E-state index is 5.64. The maximum Gasteiger partial charge on any atom is 3.00 e. The normalized spacial score (nSPS) is 16.6.